The molecular formula is C2HN4S+. The Hall–Kier alpha value is -1.02. The van der Waals surface area contributed by atoms with Crippen molar-refractivity contribution in [1.82, 2.24) is 9.36 Å². The van der Waals surface area contributed by atoms with Crippen LogP contribution in [0.3, 0.4) is 0 Å². The Morgan fingerprint density at radius 2 is 2.71 bits per heavy atom. The number of nitrogens with zero attached hydrogens (tertiary/aromatic N) is 4. The first-order chi connectivity index (χ1) is 3.43. The number of hydrogen-bond acceptors (Lipinski definition) is 4. The van der Waals surface area contributed by atoms with E-state index >= 15 is 0 Å². The minimum Gasteiger partial charge on any atom is -0.146 e. The number of diazo groups is 1. The first kappa shape index (κ1) is 4.15. The normalized spacial score (nSPS) is 7.86. The van der Waals surface area contributed by atoms with Crippen LogP contribution in [0.25, 0.3) is 4.98 Å². The van der Waals surface area contributed by atoms with Gasteiger partial charge >= 0.3 is 5.13 Å². The lowest BCUT2D eigenvalue weighted by Gasteiger charge is -1.42. The van der Waals surface area contributed by atoms with Crippen molar-refractivity contribution >= 4 is 16.7 Å². The standard InChI is InChI=1S/C2HN4S/c3-6-2-4-1-5-7-2/h1H/q+1. The molecule has 0 spiro atoms. The lowest BCUT2D eigenvalue weighted by molar-refractivity contribution is 1.32. The largest absolute Gasteiger partial charge is 0.542 e. The summed E-state index contributed by atoms with van der Waals surface area (Å²) in [4.78, 5) is 6.30. The van der Waals surface area contributed by atoms with Crippen LogP contribution < -0.4 is 0 Å². The van der Waals surface area contributed by atoms with Gasteiger partial charge in [-0.15, -0.1) is 4.37 Å². The van der Waals surface area contributed by atoms with Crippen molar-refractivity contribution in [1.29, 1.82) is 5.39 Å². The lowest BCUT2D eigenvalue weighted by atomic mass is 11.2. The van der Waals surface area contributed by atoms with E-state index in [4.69, 9.17) is 5.39 Å². The first-order valence-electron chi connectivity index (χ1n) is 1.55. The zero-order chi connectivity index (χ0) is 5.11. The van der Waals surface area contributed by atoms with Gasteiger partial charge < -0.3 is 0 Å². The van der Waals surface area contributed by atoms with Crippen molar-refractivity contribution in [2.75, 3.05) is 0 Å². The molecule has 0 aliphatic carbocycles. The van der Waals surface area contributed by atoms with E-state index < -0.39 is 0 Å². The quantitative estimate of drug-likeness (QED) is 0.472. The van der Waals surface area contributed by atoms with Crippen molar-refractivity contribution in [2.45, 2.75) is 0 Å². The summed E-state index contributed by atoms with van der Waals surface area (Å²) in [6.45, 7) is 0. The highest BCUT2D eigenvalue weighted by atomic mass is 32.1. The van der Waals surface area contributed by atoms with Crippen LogP contribution in [0.2, 0.25) is 0 Å². The van der Waals surface area contributed by atoms with E-state index in [9.17, 15) is 0 Å². The lowest BCUT2D eigenvalue weighted by Crippen LogP contribution is -1.48. The minimum absolute atomic E-state index is 0.292. The molecule has 0 saturated heterocycles. The van der Waals surface area contributed by atoms with Crippen LogP contribution in [0.1, 0.15) is 0 Å². The van der Waals surface area contributed by atoms with E-state index in [2.05, 4.69) is 14.3 Å². The third kappa shape index (κ3) is 0.694. The highest BCUT2D eigenvalue weighted by Gasteiger charge is 2.04. The van der Waals surface area contributed by atoms with Gasteiger partial charge in [0.2, 0.25) is 6.33 Å². The van der Waals surface area contributed by atoms with Crippen LogP contribution in [-0.4, -0.2) is 9.36 Å². The molecule has 4 nitrogen and oxygen atoms in total. The molecule has 1 heterocycles. The first-order valence-corrected chi connectivity index (χ1v) is 2.32. The van der Waals surface area contributed by atoms with Crippen LogP contribution in [0, 0.1) is 5.39 Å². The number of aromatic nitrogens is 2. The molecule has 0 saturated carbocycles. The van der Waals surface area contributed by atoms with Crippen LogP contribution in [-0.2, 0) is 0 Å². The van der Waals surface area contributed by atoms with E-state index in [-0.39, 0.29) is 0 Å². The summed E-state index contributed by atoms with van der Waals surface area (Å²) < 4.78 is 3.57. The fourth-order valence-corrected chi connectivity index (χ4v) is 0.531. The molecule has 0 aromatic carbocycles. The van der Waals surface area contributed by atoms with E-state index in [1.807, 2.05) is 0 Å². The van der Waals surface area contributed by atoms with E-state index in [0.29, 0.717) is 5.13 Å². The summed E-state index contributed by atoms with van der Waals surface area (Å²) in [5, 5.41) is 8.25. The Kier molecular flexibility index (Phi) is 0.959. The Labute approximate surface area is 43.6 Å². The molecule has 1 aromatic rings. The van der Waals surface area contributed by atoms with Gasteiger partial charge in [0.25, 0.3) is 0 Å². The minimum atomic E-state index is 0.292. The highest BCUT2D eigenvalue weighted by Crippen LogP contribution is 2.09. The summed E-state index contributed by atoms with van der Waals surface area (Å²) in [6, 6.07) is 0. The van der Waals surface area contributed by atoms with Crippen molar-refractivity contribution in [3.8, 4) is 0 Å². The van der Waals surface area contributed by atoms with Gasteiger partial charge in [0.05, 0.1) is 16.9 Å². The Morgan fingerprint density at radius 1 is 1.86 bits per heavy atom. The smallest absolute Gasteiger partial charge is 0.146 e. The predicted octanol–water partition coefficient (Wildman–Crippen LogP) is 1.02. The molecule has 0 aliphatic heterocycles. The maximum Gasteiger partial charge on any atom is 0.542 e. The van der Waals surface area contributed by atoms with Crippen LogP contribution >= 0.6 is 11.5 Å². The fourth-order valence-electron chi connectivity index (χ4n) is 0.211. The third-order valence-electron chi connectivity index (χ3n) is 0.435. The van der Waals surface area contributed by atoms with Crippen molar-refractivity contribution in [2.24, 2.45) is 0 Å². The molecule has 0 N–H and O–H groups in total. The molecule has 7 heavy (non-hydrogen) atoms. The second-order valence-corrected chi connectivity index (χ2v) is 1.58. The second kappa shape index (κ2) is 1.62. The average molecular weight is 113 g/mol. The van der Waals surface area contributed by atoms with Crippen LogP contribution in [0.15, 0.2) is 6.33 Å². The molecule has 0 radical (unpaired) electrons. The molecule has 0 fully saturated rings. The van der Waals surface area contributed by atoms with E-state index in [1.165, 1.54) is 6.33 Å². The zero-order valence-electron chi connectivity index (χ0n) is 3.27. The molecule has 34 valence electrons. The zero-order valence-corrected chi connectivity index (χ0v) is 4.09. The Bertz CT molecular complexity index is 172. The summed E-state index contributed by atoms with van der Waals surface area (Å²) >= 11 is 1.05. The maximum atomic E-state index is 7.96. The van der Waals surface area contributed by atoms with Gasteiger partial charge in [-0.25, -0.2) is 0 Å². The molecular weight excluding hydrogens is 112 g/mol. The topological polar surface area (TPSA) is 53.9 Å². The van der Waals surface area contributed by atoms with Gasteiger partial charge in [0.1, 0.15) is 0 Å². The Morgan fingerprint density at radius 3 is 3.00 bits per heavy atom. The second-order valence-electron chi connectivity index (χ2n) is 0.824. The summed E-state index contributed by atoms with van der Waals surface area (Å²) in [7, 11) is 0. The Balaban J connectivity index is 3.04. The SMILES string of the molecule is N#[N+]c1ncns1. The molecule has 1 aromatic heterocycles. The summed E-state index contributed by atoms with van der Waals surface area (Å²) in [6.07, 6.45) is 1.33. The van der Waals surface area contributed by atoms with Crippen molar-refractivity contribution in [3.05, 3.63) is 11.3 Å². The monoisotopic (exact) mass is 113 g/mol. The van der Waals surface area contributed by atoms with Gasteiger partial charge in [-0.1, -0.05) is 0 Å². The molecule has 1 rings (SSSR count). The molecule has 0 bridgehead atoms. The molecule has 0 atom stereocenters. The van der Waals surface area contributed by atoms with Gasteiger partial charge in [0.15, 0.2) is 0 Å². The molecule has 5 heteroatoms. The van der Waals surface area contributed by atoms with Gasteiger partial charge in [-0.2, -0.15) is 0 Å². The van der Waals surface area contributed by atoms with Crippen LogP contribution in [0.4, 0.5) is 5.13 Å². The fraction of sp³-hybridized carbons (Fsp3) is 0. The highest BCUT2D eigenvalue weighted by molar-refractivity contribution is 7.09. The molecule has 0 unspecified atom stereocenters. The molecule has 0 amide bonds. The third-order valence-corrected chi connectivity index (χ3v) is 0.985. The van der Waals surface area contributed by atoms with Crippen molar-refractivity contribution in [3.63, 3.8) is 0 Å². The number of rotatable bonds is 0. The van der Waals surface area contributed by atoms with E-state index in [0.717, 1.165) is 11.5 Å². The maximum absolute atomic E-state index is 7.96. The summed E-state index contributed by atoms with van der Waals surface area (Å²) in [5.74, 6) is 0. The molecule has 0 aliphatic rings. The summed E-state index contributed by atoms with van der Waals surface area (Å²) in [5.41, 5.74) is 0. The van der Waals surface area contributed by atoms with Gasteiger partial charge in [0, 0.05) is 9.96 Å². The van der Waals surface area contributed by atoms with Gasteiger partial charge in [-0.05, 0) is 0 Å². The van der Waals surface area contributed by atoms with Crippen LogP contribution in [0.5, 0.6) is 0 Å². The average Bonchev–Trinajstić information content (AvgIpc) is 2.14. The van der Waals surface area contributed by atoms with Gasteiger partial charge in [-0.3, -0.25) is 0 Å². The van der Waals surface area contributed by atoms with Crippen molar-refractivity contribution < 1.29 is 0 Å². The predicted molar refractivity (Wildman–Crippen MR) is 24.7 cm³/mol. The number of hydrogen-bond donors (Lipinski definition) is 0. The van der Waals surface area contributed by atoms with E-state index in [1.54, 1.807) is 0 Å².